The Morgan fingerprint density at radius 2 is 2.75 bits per heavy atom. The van der Waals surface area contributed by atoms with E-state index < -0.39 is 0 Å². The smallest absolute Gasteiger partial charge is 0.230 e. The van der Waals surface area contributed by atoms with Gasteiger partial charge in [0.1, 0.15) is 6.42 Å². The van der Waals surface area contributed by atoms with Crippen molar-refractivity contribution in [3.8, 4) is 6.07 Å². The molecular formula is C4H3N3O. The van der Waals surface area contributed by atoms with E-state index in [1.165, 1.54) is 6.39 Å². The minimum atomic E-state index is 0.194. The average Bonchev–Trinajstić information content (AvgIpc) is 2.19. The minimum absolute atomic E-state index is 0.194. The first-order chi connectivity index (χ1) is 3.93. The Morgan fingerprint density at radius 1 is 1.88 bits per heavy atom. The van der Waals surface area contributed by atoms with Gasteiger partial charge in [-0.15, -0.1) is 10.2 Å². The molecule has 0 saturated carbocycles. The number of nitriles is 1. The highest BCUT2D eigenvalue weighted by atomic mass is 16.4. The fourth-order valence-corrected chi connectivity index (χ4v) is 0.341. The standard InChI is InChI=1S/C4H3N3O/c5-2-1-4-7-6-3-8-4/h3H,1H2. The van der Waals surface area contributed by atoms with Crippen molar-refractivity contribution < 1.29 is 4.42 Å². The van der Waals surface area contributed by atoms with Crippen LogP contribution in [0.4, 0.5) is 0 Å². The number of hydrogen-bond acceptors (Lipinski definition) is 4. The van der Waals surface area contributed by atoms with E-state index in [1.54, 1.807) is 0 Å². The fraction of sp³-hybridized carbons (Fsp3) is 0.250. The largest absolute Gasteiger partial charge is 0.427 e. The Bertz CT molecular complexity index is 186. The van der Waals surface area contributed by atoms with Crippen LogP contribution in [0.15, 0.2) is 10.8 Å². The molecule has 40 valence electrons. The summed E-state index contributed by atoms with van der Waals surface area (Å²) >= 11 is 0. The van der Waals surface area contributed by atoms with Gasteiger partial charge in [-0.3, -0.25) is 0 Å². The van der Waals surface area contributed by atoms with E-state index in [9.17, 15) is 0 Å². The number of hydrogen-bond donors (Lipinski definition) is 0. The van der Waals surface area contributed by atoms with Crippen LogP contribution in [-0.2, 0) is 6.42 Å². The molecule has 4 heteroatoms. The van der Waals surface area contributed by atoms with E-state index in [2.05, 4.69) is 14.6 Å². The molecule has 0 saturated heterocycles. The fourth-order valence-electron chi connectivity index (χ4n) is 0.341. The highest BCUT2D eigenvalue weighted by Crippen LogP contribution is 1.89. The van der Waals surface area contributed by atoms with Gasteiger partial charge in [0.2, 0.25) is 12.3 Å². The van der Waals surface area contributed by atoms with Gasteiger partial charge in [-0.1, -0.05) is 0 Å². The summed E-state index contributed by atoms with van der Waals surface area (Å²) in [6.45, 7) is 0. The van der Waals surface area contributed by atoms with E-state index in [-0.39, 0.29) is 6.42 Å². The molecule has 4 nitrogen and oxygen atoms in total. The second kappa shape index (κ2) is 2.07. The maximum atomic E-state index is 8.06. The first kappa shape index (κ1) is 4.78. The van der Waals surface area contributed by atoms with Crippen LogP contribution in [0, 0.1) is 11.3 Å². The van der Waals surface area contributed by atoms with Gasteiger partial charge in [0.05, 0.1) is 6.07 Å². The predicted octanol–water partition coefficient (Wildman–Crippen LogP) is 0.136. The summed E-state index contributed by atoms with van der Waals surface area (Å²) in [6, 6.07) is 1.87. The Kier molecular flexibility index (Phi) is 1.24. The first-order valence-corrected chi connectivity index (χ1v) is 2.05. The van der Waals surface area contributed by atoms with Crippen molar-refractivity contribution >= 4 is 0 Å². The van der Waals surface area contributed by atoms with Gasteiger partial charge in [0.25, 0.3) is 0 Å². The molecule has 0 unspecified atom stereocenters. The van der Waals surface area contributed by atoms with Crippen LogP contribution in [0.1, 0.15) is 5.89 Å². The summed E-state index contributed by atoms with van der Waals surface area (Å²) in [5.41, 5.74) is 0. The van der Waals surface area contributed by atoms with Crippen LogP contribution < -0.4 is 0 Å². The molecular weight excluding hydrogens is 106 g/mol. The van der Waals surface area contributed by atoms with E-state index >= 15 is 0 Å². The molecule has 0 aliphatic rings. The lowest BCUT2D eigenvalue weighted by Crippen LogP contribution is -1.78. The van der Waals surface area contributed by atoms with Crippen molar-refractivity contribution in [1.82, 2.24) is 10.2 Å². The van der Waals surface area contributed by atoms with Gasteiger partial charge in [-0.25, -0.2) is 0 Å². The second-order valence-corrected chi connectivity index (χ2v) is 1.17. The Balaban J connectivity index is 2.67. The zero-order valence-corrected chi connectivity index (χ0v) is 4.03. The molecule has 0 aliphatic carbocycles. The number of aromatic nitrogens is 2. The van der Waals surface area contributed by atoms with Crippen LogP contribution >= 0.6 is 0 Å². The van der Waals surface area contributed by atoms with E-state index in [1.807, 2.05) is 6.07 Å². The first-order valence-electron chi connectivity index (χ1n) is 2.05. The van der Waals surface area contributed by atoms with Crippen molar-refractivity contribution in [3.63, 3.8) is 0 Å². The third-order valence-corrected chi connectivity index (χ3v) is 0.635. The van der Waals surface area contributed by atoms with Crippen molar-refractivity contribution in [2.24, 2.45) is 0 Å². The zero-order chi connectivity index (χ0) is 5.82. The highest BCUT2D eigenvalue weighted by molar-refractivity contribution is 4.86. The molecule has 0 fully saturated rings. The van der Waals surface area contributed by atoms with Crippen LogP contribution in [0.3, 0.4) is 0 Å². The van der Waals surface area contributed by atoms with E-state index in [0.29, 0.717) is 5.89 Å². The van der Waals surface area contributed by atoms with E-state index in [4.69, 9.17) is 5.26 Å². The third kappa shape index (κ3) is 0.819. The maximum absolute atomic E-state index is 8.06. The quantitative estimate of drug-likeness (QED) is 0.514. The van der Waals surface area contributed by atoms with Gasteiger partial charge in [0, 0.05) is 0 Å². The molecule has 0 bridgehead atoms. The normalized spacial score (nSPS) is 8.38. The van der Waals surface area contributed by atoms with Crippen molar-refractivity contribution in [1.29, 1.82) is 5.26 Å². The van der Waals surface area contributed by atoms with E-state index in [0.717, 1.165) is 0 Å². The molecule has 0 amide bonds. The Labute approximate surface area is 45.8 Å². The Morgan fingerprint density at radius 3 is 3.25 bits per heavy atom. The maximum Gasteiger partial charge on any atom is 0.230 e. The van der Waals surface area contributed by atoms with Gasteiger partial charge < -0.3 is 4.42 Å². The SMILES string of the molecule is N#CCc1nnco1. The molecule has 1 aromatic rings. The summed E-state index contributed by atoms with van der Waals surface area (Å²) in [5, 5.41) is 14.9. The zero-order valence-electron chi connectivity index (χ0n) is 4.03. The lowest BCUT2D eigenvalue weighted by atomic mass is 10.5. The highest BCUT2D eigenvalue weighted by Gasteiger charge is 1.92. The molecule has 1 heterocycles. The minimum Gasteiger partial charge on any atom is -0.427 e. The van der Waals surface area contributed by atoms with Gasteiger partial charge in [-0.05, 0) is 0 Å². The predicted molar refractivity (Wildman–Crippen MR) is 23.6 cm³/mol. The summed E-state index contributed by atoms with van der Waals surface area (Å²) < 4.78 is 4.63. The molecule has 0 radical (unpaired) electrons. The third-order valence-electron chi connectivity index (χ3n) is 0.635. The summed E-state index contributed by atoms with van der Waals surface area (Å²) in [4.78, 5) is 0. The monoisotopic (exact) mass is 109 g/mol. The Hall–Kier alpha value is -1.37. The molecule has 0 atom stereocenters. The molecule has 0 aromatic carbocycles. The van der Waals surface area contributed by atoms with Gasteiger partial charge in [0.15, 0.2) is 0 Å². The molecule has 0 aliphatic heterocycles. The van der Waals surface area contributed by atoms with Crippen LogP contribution in [0.5, 0.6) is 0 Å². The summed E-state index contributed by atoms with van der Waals surface area (Å²) in [7, 11) is 0. The molecule has 8 heavy (non-hydrogen) atoms. The topological polar surface area (TPSA) is 62.7 Å². The second-order valence-electron chi connectivity index (χ2n) is 1.17. The number of rotatable bonds is 1. The molecule has 1 rings (SSSR count). The van der Waals surface area contributed by atoms with Crippen LogP contribution in [0.2, 0.25) is 0 Å². The average molecular weight is 109 g/mol. The number of nitrogens with zero attached hydrogens (tertiary/aromatic N) is 3. The molecule has 0 N–H and O–H groups in total. The van der Waals surface area contributed by atoms with Gasteiger partial charge in [-0.2, -0.15) is 5.26 Å². The summed E-state index contributed by atoms with van der Waals surface area (Å²) in [6.07, 6.45) is 1.40. The van der Waals surface area contributed by atoms with Crippen molar-refractivity contribution in [2.75, 3.05) is 0 Å². The summed E-state index contributed by atoms with van der Waals surface area (Å²) in [5.74, 6) is 0.368. The van der Waals surface area contributed by atoms with Crippen molar-refractivity contribution in [2.45, 2.75) is 6.42 Å². The lowest BCUT2D eigenvalue weighted by Gasteiger charge is -1.73. The van der Waals surface area contributed by atoms with Crippen molar-refractivity contribution in [3.05, 3.63) is 12.3 Å². The molecule has 0 spiro atoms. The van der Waals surface area contributed by atoms with Gasteiger partial charge >= 0.3 is 0 Å². The van der Waals surface area contributed by atoms with Crippen LogP contribution in [-0.4, -0.2) is 10.2 Å². The lowest BCUT2D eigenvalue weighted by molar-refractivity contribution is 0.508. The van der Waals surface area contributed by atoms with Crippen LogP contribution in [0.25, 0.3) is 0 Å². The molecule has 1 aromatic heterocycles.